The number of hydrogen-bond acceptors (Lipinski definition) is 2. The van der Waals surface area contributed by atoms with Gasteiger partial charge in [-0.3, -0.25) is 0 Å². The third-order valence-corrected chi connectivity index (χ3v) is 5.06. The lowest BCUT2D eigenvalue weighted by Crippen LogP contribution is -2.17. The quantitative estimate of drug-likeness (QED) is 0.748. The monoisotopic (exact) mass is 277 g/mol. The van der Waals surface area contributed by atoms with Crippen LogP contribution < -0.4 is 4.90 Å². The lowest BCUT2D eigenvalue weighted by Gasteiger charge is -2.18. The molecular weight excluding hydrogens is 262 g/mol. The number of halogens is 1. The Bertz CT molecular complexity index is 536. The van der Waals surface area contributed by atoms with Gasteiger partial charge in [-0.15, -0.1) is 11.3 Å². The number of hydrogen-bond donors (Lipinski definition) is 0. The largest absolute Gasteiger partial charge is 0.372 e. The van der Waals surface area contributed by atoms with Crippen molar-refractivity contribution in [2.75, 3.05) is 18.0 Å². The van der Waals surface area contributed by atoms with Gasteiger partial charge in [0.05, 0.1) is 5.02 Å². The topological polar surface area (TPSA) is 3.24 Å². The summed E-state index contributed by atoms with van der Waals surface area (Å²) in [4.78, 5) is 4.92. The molecule has 0 radical (unpaired) electrons. The van der Waals surface area contributed by atoms with Crippen LogP contribution in [0.2, 0.25) is 5.02 Å². The van der Waals surface area contributed by atoms with Crippen LogP contribution in [-0.2, 0) is 0 Å². The molecule has 1 aromatic heterocycles. The minimum absolute atomic E-state index is 0.876. The molecule has 0 bridgehead atoms. The second-order valence-corrected chi connectivity index (χ2v) is 6.42. The summed E-state index contributed by atoms with van der Waals surface area (Å²) in [5.41, 5.74) is 2.62. The molecule has 2 heterocycles. The normalized spacial score (nSPS) is 15.3. The standard InChI is InChI=1S/C15H16ClNS/c1-11-14(16)10-15(18-11)12-5-4-6-13(9-12)17-7-2-3-8-17/h4-6,9-10H,2-3,7-8H2,1H3. The number of rotatable bonds is 2. The summed E-state index contributed by atoms with van der Waals surface area (Å²) in [6.07, 6.45) is 2.63. The van der Waals surface area contributed by atoms with Crippen LogP contribution in [0.4, 0.5) is 5.69 Å². The van der Waals surface area contributed by atoms with Gasteiger partial charge in [0.25, 0.3) is 0 Å². The number of aryl methyl sites for hydroxylation is 1. The molecule has 0 amide bonds. The predicted molar refractivity (Wildman–Crippen MR) is 80.9 cm³/mol. The molecule has 3 rings (SSSR count). The van der Waals surface area contributed by atoms with Crippen LogP contribution in [0.1, 0.15) is 17.7 Å². The van der Waals surface area contributed by atoms with Crippen molar-refractivity contribution in [3.63, 3.8) is 0 Å². The smallest absolute Gasteiger partial charge is 0.0548 e. The number of anilines is 1. The fourth-order valence-corrected chi connectivity index (χ4v) is 3.63. The van der Waals surface area contributed by atoms with E-state index in [1.807, 2.05) is 0 Å². The Hall–Kier alpha value is -0.990. The van der Waals surface area contributed by atoms with Gasteiger partial charge in [0.1, 0.15) is 0 Å². The van der Waals surface area contributed by atoms with Gasteiger partial charge < -0.3 is 4.90 Å². The van der Waals surface area contributed by atoms with Crippen LogP contribution in [-0.4, -0.2) is 13.1 Å². The van der Waals surface area contributed by atoms with Crippen LogP contribution in [0.5, 0.6) is 0 Å². The van der Waals surface area contributed by atoms with Gasteiger partial charge in [-0.2, -0.15) is 0 Å². The summed E-state index contributed by atoms with van der Waals surface area (Å²) < 4.78 is 0. The molecule has 1 aromatic carbocycles. The molecule has 2 aromatic rings. The fraction of sp³-hybridized carbons (Fsp3) is 0.333. The van der Waals surface area contributed by atoms with Crippen LogP contribution in [0, 0.1) is 6.92 Å². The van der Waals surface area contributed by atoms with Crippen molar-refractivity contribution < 1.29 is 0 Å². The second-order valence-electron chi connectivity index (χ2n) is 4.76. The van der Waals surface area contributed by atoms with Gasteiger partial charge in [-0.25, -0.2) is 0 Å². The number of thiophene rings is 1. The molecule has 18 heavy (non-hydrogen) atoms. The molecule has 0 spiro atoms. The lowest BCUT2D eigenvalue weighted by molar-refractivity contribution is 0.949. The maximum Gasteiger partial charge on any atom is 0.0548 e. The molecule has 0 aliphatic carbocycles. The molecule has 0 saturated carbocycles. The van der Waals surface area contributed by atoms with Crippen LogP contribution >= 0.6 is 22.9 Å². The minimum atomic E-state index is 0.876. The third-order valence-electron chi connectivity index (χ3n) is 3.46. The molecule has 94 valence electrons. The van der Waals surface area contributed by atoms with E-state index < -0.39 is 0 Å². The average Bonchev–Trinajstić information content (AvgIpc) is 3.01. The number of benzene rings is 1. The van der Waals surface area contributed by atoms with E-state index in [-0.39, 0.29) is 0 Å². The Kier molecular flexibility index (Phi) is 3.31. The summed E-state index contributed by atoms with van der Waals surface area (Å²) in [5, 5.41) is 0.876. The van der Waals surface area contributed by atoms with E-state index in [9.17, 15) is 0 Å². The Morgan fingerprint density at radius 2 is 1.94 bits per heavy atom. The van der Waals surface area contributed by atoms with E-state index in [4.69, 9.17) is 11.6 Å². The highest BCUT2D eigenvalue weighted by molar-refractivity contribution is 7.16. The molecule has 3 heteroatoms. The zero-order chi connectivity index (χ0) is 12.5. The van der Waals surface area contributed by atoms with Gasteiger partial charge in [-0.05, 0) is 43.5 Å². The third kappa shape index (κ3) is 2.27. The van der Waals surface area contributed by atoms with E-state index in [2.05, 4.69) is 42.2 Å². The van der Waals surface area contributed by atoms with Crippen molar-refractivity contribution >= 4 is 28.6 Å². The summed E-state index contributed by atoms with van der Waals surface area (Å²) in [6.45, 7) is 4.45. The second kappa shape index (κ2) is 4.94. The molecule has 1 aliphatic heterocycles. The molecule has 0 atom stereocenters. The Labute approximate surface area is 117 Å². The molecule has 1 saturated heterocycles. The summed E-state index contributed by atoms with van der Waals surface area (Å²) in [5.74, 6) is 0. The van der Waals surface area contributed by atoms with Gasteiger partial charge in [0.15, 0.2) is 0 Å². The predicted octanol–water partition coefficient (Wildman–Crippen LogP) is 4.98. The first-order valence-corrected chi connectivity index (χ1v) is 7.55. The van der Waals surface area contributed by atoms with Gasteiger partial charge in [0.2, 0.25) is 0 Å². The zero-order valence-corrected chi connectivity index (χ0v) is 12.0. The first kappa shape index (κ1) is 12.1. The average molecular weight is 278 g/mol. The fourth-order valence-electron chi connectivity index (χ4n) is 2.43. The van der Waals surface area contributed by atoms with E-state index in [1.54, 1.807) is 11.3 Å². The van der Waals surface area contributed by atoms with Gasteiger partial charge in [0, 0.05) is 28.5 Å². The molecule has 1 aliphatic rings. The van der Waals surface area contributed by atoms with Gasteiger partial charge >= 0.3 is 0 Å². The molecule has 1 fully saturated rings. The highest BCUT2D eigenvalue weighted by Crippen LogP contribution is 2.35. The number of nitrogens with zero attached hydrogens (tertiary/aromatic N) is 1. The SMILES string of the molecule is Cc1sc(-c2cccc(N3CCCC3)c2)cc1Cl. The van der Waals surface area contributed by atoms with Crippen molar-refractivity contribution in [3.8, 4) is 10.4 Å². The first-order valence-electron chi connectivity index (χ1n) is 6.35. The summed E-state index contributed by atoms with van der Waals surface area (Å²) in [7, 11) is 0. The Morgan fingerprint density at radius 1 is 1.17 bits per heavy atom. The summed E-state index contributed by atoms with van der Waals surface area (Å²) in [6, 6.07) is 10.9. The van der Waals surface area contributed by atoms with E-state index in [0.717, 1.165) is 5.02 Å². The van der Waals surface area contributed by atoms with Crippen molar-refractivity contribution in [3.05, 3.63) is 40.2 Å². The Balaban J connectivity index is 1.95. The molecular formula is C15H16ClNS. The van der Waals surface area contributed by atoms with E-state index in [0.29, 0.717) is 0 Å². The molecule has 0 unspecified atom stereocenters. The zero-order valence-electron chi connectivity index (χ0n) is 10.4. The lowest BCUT2D eigenvalue weighted by atomic mass is 10.1. The van der Waals surface area contributed by atoms with Crippen molar-refractivity contribution in [1.29, 1.82) is 0 Å². The maximum absolute atomic E-state index is 6.15. The minimum Gasteiger partial charge on any atom is -0.372 e. The Morgan fingerprint density at radius 3 is 2.61 bits per heavy atom. The highest BCUT2D eigenvalue weighted by Gasteiger charge is 2.13. The van der Waals surface area contributed by atoms with Gasteiger partial charge in [-0.1, -0.05) is 23.7 Å². The van der Waals surface area contributed by atoms with E-state index >= 15 is 0 Å². The van der Waals surface area contributed by atoms with Crippen LogP contribution in [0.15, 0.2) is 30.3 Å². The first-order chi connectivity index (χ1) is 8.74. The van der Waals surface area contributed by atoms with E-state index in [1.165, 1.54) is 46.9 Å². The van der Waals surface area contributed by atoms with Crippen LogP contribution in [0.25, 0.3) is 10.4 Å². The maximum atomic E-state index is 6.15. The summed E-state index contributed by atoms with van der Waals surface area (Å²) >= 11 is 7.91. The van der Waals surface area contributed by atoms with Crippen molar-refractivity contribution in [1.82, 2.24) is 0 Å². The van der Waals surface area contributed by atoms with Crippen LogP contribution in [0.3, 0.4) is 0 Å². The van der Waals surface area contributed by atoms with Crippen molar-refractivity contribution in [2.45, 2.75) is 19.8 Å². The van der Waals surface area contributed by atoms with Crippen molar-refractivity contribution in [2.24, 2.45) is 0 Å². The highest BCUT2D eigenvalue weighted by atomic mass is 35.5. The molecule has 1 nitrogen and oxygen atoms in total. The molecule has 0 N–H and O–H groups in total.